The van der Waals surface area contributed by atoms with Crippen molar-refractivity contribution in [3.05, 3.63) is 21.9 Å². The summed E-state index contributed by atoms with van der Waals surface area (Å²) < 4.78 is 0. The van der Waals surface area contributed by atoms with E-state index in [1.165, 1.54) is 37.7 Å². The Labute approximate surface area is 103 Å². The molecule has 0 saturated heterocycles. The van der Waals surface area contributed by atoms with Gasteiger partial charge >= 0.3 is 0 Å². The maximum absolute atomic E-state index is 3.70. The molecule has 0 aliphatic heterocycles. The van der Waals surface area contributed by atoms with Crippen molar-refractivity contribution in [2.75, 3.05) is 6.54 Å². The molecule has 1 saturated carbocycles. The first-order valence-electron chi connectivity index (χ1n) is 6.53. The number of hydrogen-bond acceptors (Lipinski definition) is 2. The quantitative estimate of drug-likeness (QED) is 0.822. The highest BCUT2D eigenvalue weighted by Gasteiger charge is 2.20. The maximum atomic E-state index is 3.70. The van der Waals surface area contributed by atoms with E-state index in [2.05, 4.69) is 30.6 Å². The highest BCUT2D eigenvalue weighted by atomic mass is 32.1. The molecule has 0 amide bonds. The molecule has 1 aromatic rings. The van der Waals surface area contributed by atoms with Crippen molar-refractivity contribution in [2.24, 2.45) is 5.92 Å². The van der Waals surface area contributed by atoms with Gasteiger partial charge in [-0.1, -0.05) is 12.8 Å². The van der Waals surface area contributed by atoms with Gasteiger partial charge in [0.05, 0.1) is 0 Å². The lowest BCUT2D eigenvalue weighted by Crippen LogP contribution is -2.33. The van der Waals surface area contributed by atoms with Crippen LogP contribution in [0.3, 0.4) is 0 Å². The molecule has 0 radical (unpaired) electrons. The minimum atomic E-state index is 0.711. The van der Waals surface area contributed by atoms with Gasteiger partial charge in [-0.15, -0.1) is 11.3 Å². The summed E-state index contributed by atoms with van der Waals surface area (Å²) in [5.74, 6) is 0.935. The van der Waals surface area contributed by atoms with E-state index in [4.69, 9.17) is 0 Å². The van der Waals surface area contributed by atoms with E-state index in [1.807, 2.05) is 11.3 Å². The molecule has 1 unspecified atom stereocenters. The van der Waals surface area contributed by atoms with E-state index >= 15 is 0 Å². The molecule has 1 nitrogen and oxygen atoms in total. The number of rotatable bonds is 5. The molecular weight excluding hydrogens is 214 g/mol. The van der Waals surface area contributed by atoms with Crippen LogP contribution in [0.15, 0.2) is 11.4 Å². The molecule has 1 aliphatic carbocycles. The molecule has 2 heteroatoms. The molecule has 1 fully saturated rings. The first-order valence-corrected chi connectivity index (χ1v) is 7.41. The van der Waals surface area contributed by atoms with E-state index in [1.54, 1.807) is 4.88 Å². The molecule has 1 aromatic heterocycles. The van der Waals surface area contributed by atoms with Crippen molar-refractivity contribution in [2.45, 2.75) is 52.0 Å². The molecule has 1 heterocycles. The first kappa shape index (κ1) is 12.1. The number of nitrogens with one attached hydrogen (secondary N) is 1. The Balaban J connectivity index is 1.69. The summed E-state index contributed by atoms with van der Waals surface area (Å²) in [5, 5.41) is 5.90. The van der Waals surface area contributed by atoms with Crippen LogP contribution in [0.25, 0.3) is 0 Å². The van der Waals surface area contributed by atoms with Gasteiger partial charge in [-0.05, 0) is 56.0 Å². The lowest BCUT2D eigenvalue weighted by atomic mass is 10.00. The maximum Gasteiger partial charge on any atom is 0.00870 e. The molecule has 2 rings (SSSR count). The van der Waals surface area contributed by atoms with Crippen LogP contribution in [0.2, 0.25) is 0 Å². The van der Waals surface area contributed by atoms with Crippen LogP contribution in [-0.2, 0) is 6.42 Å². The second-order valence-electron chi connectivity index (χ2n) is 5.06. The smallest absolute Gasteiger partial charge is 0.00870 e. The second-order valence-corrected chi connectivity index (χ2v) is 6.06. The number of aryl methyl sites for hydroxylation is 1. The predicted octanol–water partition coefficient (Wildman–Crippen LogP) is 3.77. The normalized spacial score (nSPS) is 19.1. The number of hydrogen-bond donors (Lipinski definition) is 1. The van der Waals surface area contributed by atoms with Crippen LogP contribution in [0.1, 0.15) is 43.0 Å². The molecular formula is C14H23NS. The van der Waals surface area contributed by atoms with E-state index in [0.717, 1.165) is 12.5 Å². The van der Waals surface area contributed by atoms with E-state index < -0.39 is 0 Å². The molecule has 90 valence electrons. The fourth-order valence-electron chi connectivity index (χ4n) is 2.70. The van der Waals surface area contributed by atoms with Crippen LogP contribution in [0, 0.1) is 12.8 Å². The zero-order valence-electron chi connectivity index (χ0n) is 10.5. The van der Waals surface area contributed by atoms with Crippen molar-refractivity contribution >= 4 is 11.3 Å². The third kappa shape index (κ3) is 3.08. The molecule has 1 aliphatic rings. The van der Waals surface area contributed by atoms with Gasteiger partial charge in [-0.25, -0.2) is 0 Å². The van der Waals surface area contributed by atoms with Crippen LogP contribution in [-0.4, -0.2) is 12.6 Å². The Morgan fingerprint density at radius 1 is 1.44 bits per heavy atom. The van der Waals surface area contributed by atoms with Crippen molar-refractivity contribution in [3.63, 3.8) is 0 Å². The van der Waals surface area contributed by atoms with Gasteiger partial charge < -0.3 is 5.32 Å². The van der Waals surface area contributed by atoms with Crippen molar-refractivity contribution < 1.29 is 0 Å². The Morgan fingerprint density at radius 2 is 2.19 bits per heavy atom. The molecule has 0 aromatic carbocycles. The van der Waals surface area contributed by atoms with Gasteiger partial charge in [0.15, 0.2) is 0 Å². The average molecular weight is 237 g/mol. The predicted molar refractivity (Wildman–Crippen MR) is 72.2 cm³/mol. The Bertz CT molecular complexity index is 312. The molecule has 0 bridgehead atoms. The molecule has 0 spiro atoms. The summed E-state index contributed by atoms with van der Waals surface area (Å²) in [7, 11) is 0. The highest BCUT2D eigenvalue weighted by molar-refractivity contribution is 7.10. The van der Waals surface area contributed by atoms with E-state index in [0.29, 0.717) is 6.04 Å². The number of thiophene rings is 1. The Hall–Kier alpha value is -0.340. The summed E-state index contributed by atoms with van der Waals surface area (Å²) in [5.41, 5.74) is 1.46. The summed E-state index contributed by atoms with van der Waals surface area (Å²) in [6.07, 6.45) is 6.96. The van der Waals surface area contributed by atoms with Gasteiger partial charge in [0.2, 0.25) is 0 Å². The van der Waals surface area contributed by atoms with Crippen LogP contribution < -0.4 is 5.32 Å². The summed E-state index contributed by atoms with van der Waals surface area (Å²) in [6, 6.07) is 2.93. The summed E-state index contributed by atoms with van der Waals surface area (Å²) in [6.45, 7) is 5.71. The van der Waals surface area contributed by atoms with Crippen LogP contribution in [0.4, 0.5) is 0 Å². The zero-order valence-corrected chi connectivity index (χ0v) is 11.3. The van der Waals surface area contributed by atoms with Gasteiger partial charge in [-0.3, -0.25) is 0 Å². The van der Waals surface area contributed by atoms with Crippen LogP contribution >= 0.6 is 11.3 Å². The third-order valence-corrected chi connectivity index (χ3v) is 4.98. The SMILES string of the molecule is Cc1ccsc1CCNC(C)C1CCCC1. The lowest BCUT2D eigenvalue weighted by molar-refractivity contribution is 0.384. The van der Waals surface area contributed by atoms with Crippen LogP contribution in [0.5, 0.6) is 0 Å². The standard InChI is InChI=1S/C14H23NS/c1-11-8-10-16-14(11)7-9-15-12(2)13-5-3-4-6-13/h8,10,12-13,15H,3-7,9H2,1-2H3. The van der Waals surface area contributed by atoms with Crippen molar-refractivity contribution in [3.8, 4) is 0 Å². The lowest BCUT2D eigenvalue weighted by Gasteiger charge is -2.20. The minimum absolute atomic E-state index is 0.711. The van der Waals surface area contributed by atoms with Gasteiger partial charge in [0.1, 0.15) is 0 Å². The highest BCUT2D eigenvalue weighted by Crippen LogP contribution is 2.27. The van der Waals surface area contributed by atoms with Crippen molar-refractivity contribution in [1.82, 2.24) is 5.32 Å². The Kier molecular flexibility index (Phi) is 4.42. The minimum Gasteiger partial charge on any atom is -0.314 e. The fraction of sp³-hybridized carbons (Fsp3) is 0.714. The molecule has 16 heavy (non-hydrogen) atoms. The van der Waals surface area contributed by atoms with Crippen molar-refractivity contribution in [1.29, 1.82) is 0 Å². The first-order chi connectivity index (χ1) is 7.77. The monoisotopic (exact) mass is 237 g/mol. The molecule has 1 N–H and O–H groups in total. The topological polar surface area (TPSA) is 12.0 Å². The average Bonchev–Trinajstić information content (AvgIpc) is 2.90. The summed E-state index contributed by atoms with van der Waals surface area (Å²) in [4.78, 5) is 1.55. The Morgan fingerprint density at radius 3 is 2.81 bits per heavy atom. The largest absolute Gasteiger partial charge is 0.314 e. The molecule has 1 atom stereocenters. The zero-order chi connectivity index (χ0) is 11.4. The van der Waals surface area contributed by atoms with Gasteiger partial charge in [0.25, 0.3) is 0 Å². The fourth-order valence-corrected chi connectivity index (χ4v) is 3.61. The third-order valence-electron chi connectivity index (χ3n) is 3.89. The second kappa shape index (κ2) is 5.83. The van der Waals surface area contributed by atoms with Gasteiger partial charge in [0, 0.05) is 17.5 Å². The summed E-state index contributed by atoms with van der Waals surface area (Å²) >= 11 is 1.89. The van der Waals surface area contributed by atoms with E-state index in [9.17, 15) is 0 Å². The van der Waals surface area contributed by atoms with E-state index in [-0.39, 0.29) is 0 Å². The van der Waals surface area contributed by atoms with Gasteiger partial charge in [-0.2, -0.15) is 0 Å².